The van der Waals surface area contributed by atoms with Gasteiger partial charge < -0.3 is 9.32 Å². The van der Waals surface area contributed by atoms with E-state index in [0.717, 1.165) is 11.3 Å². The van der Waals surface area contributed by atoms with E-state index in [9.17, 15) is 4.79 Å². The molecule has 0 aliphatic heterocycles. The molecule has 0 fully saturated rings. The van der Waals surface area contributed by atoms with Crippen molar-refractivity contribution >= 4 is 27.5 Å². The molecule has 18 heavy (non-hydrogen) atoms. The highest BCUT2D eigenvalue weighted by Gasteiger charge is 2.19. The molecule has 0 atom stereocenters. The Morgan fingerprint density at radius 2 is 2.11 bits per heavy atom. The zero-order valence-electron chi connectivity index (χ0n) is 10.3. The fraction of sp³-hybridized carbons (Fsp3) is 0.214. The van der Waals surface area contributed by atoms with Crippen molar-refractivity contribution in [1.82, 2.24) is 0 Å². The number of anilines is 1. The van der Waals surface area contributed by atoms with Gasteiger partial charge in [0.2, 0.25) is 0 Å². The quantitative estimate of drug-likeness (QED) is 0.858. The van der Waals surface area contributed by atoms with Crippen LogP contribution in [0.25, 0.3) is 0 Å². The fourth-order valence-electron chi connectivity index (χ4n) is 1.80. The minimum absolute atomic E-state index is 0.131. The van der Waals surface area contributed by atoms with Gasteiger partial charge in [0.05, 0.1) is 0 Å². The molecular formula is C14H14BrNO2. The Balaban J connectivity index is 2.31. The predicted octanol–water partition coefficient (Wildman–Crippen LogP) is 4.02. The van der Waals surface area contributed by atoms with E-state index >= 15 is 0 Å². The van der Waals surface area contributed by atoms with E-state index < -0.39 is 0 Å². The molecule has 4 heteroatoms. The number of amides is 1. The molecule has 0 N–H and O–H groups in total. The second-order valence-corrected chi connectivity index (χ2v) is 4.77. The molecule has 0 unspecified atom stereocenters. The van der Waals surface area contributed by atoms with Crippen molar-refractivity contribution in [3.63, 3.8) is 0 Å². The highest BCUT2D eigenvalue weighted by molar-refractivity contribution is 9.10. The first-order chi connectivity index (χ1) is 8.61. The highest BCUT2D eigenvalue weighted by Crippen LogP contribution is 2.21. The Morgan fingerprint density at radius 1 is 1.33 bits per heavy atom. The lowest BCUT2D eigenvalue weighted by Gasteiger charge is -2.20. The fourth-order valence-corrected chi connectivity index (χ4v) is 2.11. The summed E-state index contributed by atoms with van der Waals surface area (Å²) in [4.78, 5) is 14.0. The molecule has 2 rings (SSSR count). The number of rotatable bonds is 3. The van der Waals surface area contributed by atoms with Crippen LogP contribution in [0.5, 0.6) is 0 Å². The normalized spacial score (nSPS) is 10.4. The second-order valence-electron chi connectivity index (χ2n) is 3.99. The first-order valence-corrected chi connectivity index (χ1v) is 6.55. The maximum Gasteiger partial charge on any atom is 0.294 e. The summed E-state index contributed by atoms with van der Waals surface area (Å²) in [7, 11) is 0. The number of carbonyl (C=O) groups is 1. The van der Waals surface area contributed by atoms with Gasteiger partial charge in [-0.2, -0.15) is 0 Å². The standard InChI is InChI=1S/C14H14BrNO2/c1-3-16(11-6-4-5-10(2)9-11)14(17)12-7-8-13(15)18-12/h4-9H,3H2,1-2H3. The van der Waals surface area contributed by atoms with Crippen molar-refractivity contribution in [2.75, 3.05) is 11.4 Å². The largest absolute Gasteiger partial charge is 0.444 e. The van der Waals surface area contributed by atoms with E-state index in [-0.39, 0.29) is 5.91 Å². The van der Waals surface area contributed by atoms with Gasteiger partial charge in [0.1, 0.15) is 0 Å². The van der Waals surface area contributed by atoms with Crippen LogP contribution in [0, 0.1) is 6.92 Å². The molecule has 3 nitrogen and oxygen atoms in total. The first-order valence-electron chi connectivity index (χ1n) is 5.75. The minimum atomic E-state index is -0.131. The number of nitrogens with zero attached hydrogens (tertiary/aromatic N) is 1. The van der Waals surface area contributed by atoms with Crippen LogP contribution in [0.1, 0.15) is 23.0 Å². The van der Waals surface area contributed by atoms with Crippen molar-refractivity contribution in [3.8, 4) is 0 Å². The van der Waals surface area contributed by atoms with Crippen molar-refractivity contribution in [2.45, 2.75) is 13.8 Å². The molecule has 0 saturated heterocycles. The van der Waals surface area contributed by atoms with Gasteiger partial charge in [0.25, 0.3) is 5.91 Å². The highest BCUT2D eigenvalue weighted by atomic mass is 79.9. The average molecular weight is 308 g/mol. The SMILES string of the molecule is CCN(C(=O)c1ccc(Br)o1)c1cccc(C)c1. The van der Waals surface area contributed by atoms with E-state index in [4.69, 9.17) is 4.42 Å². The van der Waals surface area contributed by atoms with Gasteiger partial charge in [-0.3, -0.25) is 4.79 Å². The Bertz CT molecular complexity index is 562. The van der Waals surface area contributed by atoms with Crippen LogP contribution in [-0.2, 0) is 0 Å². The Morgan fingerprint density at radius 3 is 2.67 bits per heavy atom. The summed E-state index contributed by atoms with van der Waals surface area (Å²) in [6.07, 6.45) is 0. The van der Waals surface area contributed by atoms with Crippen LogP contribution in [0.4, 0.5) is 5.69 Å². The minimum Gasteiger partial charge on any atom is -0.444 e. The van der Waals surface area contributed by atoms with E-state index in [0.29, 0.717) is 17.0 Å². The van der Waals surface area contributed by atoms with Crippen LogP contribution in [0.15, 0.2) is 45.5 Å². The molecule has 0 bridgehead atoms. The Kier molecular flexibility index (Phi) is 3.87. The summed E-state index contributed by atoms with van der Waals surface area (Å²) in [6, 6.07) is 11.2. The van der Waals surface area contributed by atoms with Gasteiger partial charge in [-0.15, -0.1) is 0 Å². The molecule has 0 spiro atoms. The summed E-state index contributed by atoms with van der Waals surface area (Å²) < 4.78 is 5.87. The predicted molar refractivity (Wildman–Crippen MR) is 74.9 cm³/mol. The number of hydrogen-bond acceptors (Lipinski definition) is 2. The zero-order chi connectivity index (χ0) is 13.1. The monoisotopic (exact) mass is 307 g/mol. The van der Waals surface area contributed by atoms with E-state index in [1.165, 1.54) is 0 Å². The van der Waals surface area contributed by atoms with Crippen LogP contribution in [-0.4, -0.2) is 12.5 Å². The summed E-state index contributed by atoms with van der Waals surface area (Å²) in [5.74, 6) is 0.207. The molecular weight excluding hydrogens is 294 g/mol. The number of furan rings is 1. The van der Waals surface area contributed by atoms with Gasteiger partial charge in [-0.1, -0.05) is 12.1 Å². The summed E-state index contributed by atoms with van der Waals surface area (Å²) in [6.45, 7) is 4.55. The molecule has 0 radical (unpaired) electrons. The van der Waals surface area contributed by atoms with Gasteiger partial charge in [0.15, 0.2) is 10.4 Å². The van der Waals surface area contributed by atoms with Gasteiger partial charge in [-0.05, 0) is 59.6 Å². The molecule has 1 amide bonds. The number of aryl methyl sites for hydroxylation is 1. The Labute approximate surface area is 115 Å². The molecule has 0 aliphatic carbocycles. The maximum absolute atomic E-state index is 12.3. The molecule has 0 saturated carbocycles. The second kappa shape index (κ2) is 5.40. The van der Waals surface area contributed by atoms with Crippen molar-refractivity contribution in [2.24, 2.45) is 0 Å². The molecule has 1 heterocycles. The van der Waals surface area contributed by atoms with Gasteiger partial charge in [0, 0.05) is 12.2 Å². The lowest BCUT2D eigenvalue weighted by Crippen LogP contribution is -2.30. The van der Waals surface area contributed by atoms with Crippen molar-refractivity contribution in [3.05, 3.63) is 52.4 Å². The topological polar surface area (TPSA) is 33.5 Å². The van der Waals surface area contributed by atoms with Crippen LogP contribution >= 0.6 is 15.9 Å². The third-order valence-corrected chi connectivity index (χ3v) is 3.08. The number of carbonyl (C=O) groups excluding carboxylic acids is 1. The van der Waals surface area contributed by atoms with Crippen LogP contribution < -0.4 is 4.90 Å². The lowest BCUT2D eigenvalue weighted by molar-refractivity contribution is 0.0960. The molecule has 2 aromatic rings. The zero-order valence-corrected chi connectivity index (χ0v) is 11.9. The number of halogens is 1. The average Bonchev–Trinajstić information content (AvgIpc) is 2.77. The molecule has 0 aliphatic rings. The third-order valence-electron chi connectivity index (χ3n) is 2.66. The van der Waals surface area contributed by atoms with Gasteiger partial charge in [-0.25, -0.2) is 0 Å². The smallest absolute Gasteiger partial charge is 0.294 e. The molecule has 94 valence electrons. The summed E-state index contributed by atoms with van der Waals surface area (Å²) >= 11 is 3.20. The lowest BCUT2D eigenvalue weighted by atomic mass is 10.2. The summed E-state index contributed by atoms with van der Waals surface area (Å²) in [5.41, 5.74) is 2.01. The molecule has 1 aromatic heterocycles. The van der Waals surface area contributed by atoms with E-state index in [1.54, 1.807) is 17.0 Å². The summed E-state index contributed by atoms with van der Waals surface area (Å²) in [5, 5.41) is 0. The van der Waals surface area contributed by atoms with Crippen molar-refractivity contribution in [1.29, 1.82) is 0 Å². The van der Waals surface area contributed by atoms with Crippen molar-refractivity contribution < 1.29 is 9.21 Å². The van der Waals surface area contributed by atoms with Crippen LogP contribution in [0.3, 0.4) is 0 Å². The molecule has 1 aromatic carbocycles. The number of hydrogen-bond donors (Lipinski definition) is 0. The van der Waals surface area contributed by atoms with E-state index in [1.807, 2.05) is 38.1 Å². The maximum atomic E-state index is 12.3. The van der Waals surface area contributed by atoms with E-state index in [2.05, 4.69) is 15.9 Å². The Hall–Kier alpha value is -1.55. The van der Waals surface area contributed by atoms with Crippen LogP contribution in [0.2, 0.25) is 0 Å². The van der Waals surface area contributed by atoms with Gasteiger partial charge >= 0.3 is 0 Å². The first kappa shape index (κ1) is 12.9. The number of benzene rings is 1. The third kappa shape index (κ3) is 2.64.